The number of carboxylic acids is 1. The average molecular weight is 474 g/mol. The number of hydrogen-bond donors (Lipinski definition) is 1. The third-order valence-corrected chi connectivity index (χ3v) is 6.71. The molecule has 1 aromatic heterocycles. The SMILES string of the molecule is CC#C[C@@H](CC(=O)O)c1ccc(OCc2cccc(CN(Cc3ccsc3)CC3CC3)c2)cc1. The summed E-state index contributed by atoms with van der Waals surface area (Å²) in [5.41, 5.74) is 4.74. The van der Waals surface area contributed by atoms with Crippen LogP contribution in [0.5, 0.6) is 5.75 Å². The molecule has 4 nitrogen and oxygen atoms in total. The van der Waals surface area contributed by atoms with Crippen molar-refractivity contribution in [1.29, 1.82) is 0 Å². The van der Waals surface area contributed by atoms with Gasteiger partial charge in [0.15, 0.2) is 0 Å². The molecule has 4 rings (SSSR count). The molecular weight excluding hydrogens is 442 g/mol. The van der Waals surface area contributed by atoms with Gasteiger partial charge in [0, 0.05) is 19.6 Å². The van der Waals surface area contributed by atoms with Gasteiger partial charge in [0.05, 0.1) is 12.3 Å². The molecule has 1 atom stereocenters. The van der Waals surface area contributed by atoms with Crippen LogP contribution in [0.3, 0.4) is 0 Å². The summed E-state index contributed by atoms with van der Waals surface area (Å²) >= 11 is 1.76. The molecule has 0 unspecified atom stereocenters. The first-order valence-corrected chi connectivity index (χ1v) is 12.7. The Labute approximate surface area is 206 Å². The third kappa shape index (κ3) is 7.48. The molecule has 1 N–H and O–H groups in total. The zero-order chi connectivity index (χ0) is 23.8. The summed E-state index contributed by atoms with van der Waals surface area (Å²) in [7, 11) is 0. The van der Waals surface area contributed by atoms with Crippen LogP contribution in [0.2, 0.25) is 0 Å². The van der Waals surface area contributed by atoms with Crippen LogP contribution in [-0.2, 0) is 24.5 Å². The van der Waals surface area contributed by atoms with Crippen LogP contribution in [0.25, 0.3) is 0 Å². The Hall–Kier alpha value is -3.07. The van der Waals surface area contributed by atoms with Crippen LogP contribution in [0, 0.1) is 17.8 Å². The maximum absolute atomic E-state index is 11.1. The van der Waals surface area contributed by atoms with E-state index < -0.39 is 5.97 Å². The van der Waals surface area contributed by atoms with Crippen molar-refractivity contribution in [2.75, 3.05) is 6.54 Å². The van der Waals surface area contributed by atoms with Gasteiger partial charge in [-0.05, 0) is 76.9 Å². The second-order valence-corrected chi connectivity index (χ2v) is 9.75. The van der Waals surface area contributed by atoms with Gasteiger partial charge in [0.1, 0.15) is 12.4 Å². The fraction of sp³-hybridized carbons (Fsp3) is 0.345. The number of nitrogens with zero attached hydrogens (tertiary/aromatic N) is 1. The molecule has 0 amide bonds. The van der Waals surface area contributed by atoms with Crippen molar-refractivity contribution in [2.45, 2.75) is 51.8 Å². The maximum Gasteiger partial charge on any atom is 0.304 e. The number of hydrogen-bond acceptors (Lipinski definition) is 4. The van der Waals surface area contributed by atoms with Crippen LogP contribution in [0.4, 0.5) is 0 Å². The van der Waals surface area contributed by atoms with Crippen molar-refractivity contribution in [1.82, 2.24) is 4.90 Å². The Morgan fingerprint density at radius 3 is 2.56 bits per heavy atom. The van der Waals surface area contributed by atoms with Gasteiger partial charge < -0.3 is 9.84 Å². The molecule has 1 fully saturated rings. The topological polar surface area (TPSA) is 49.8 Å². The number of thiophene rings is 1. The van der Waals surface area contributed by atoms with Crippen LogP contribution >= 0.6 is 11.3 Å². The largest absolute Gasteiger partial charge is 0.489 e. The number of carboxylic acid groups (broad SMARTS) is 1. The van der Waals surface area contributed by atoms with Crippen LogP contribution in [0.15, 0.2) is 65.4 Å². The molecule has 0 saturated heterocycles. The van der Waals surface area contributed by atoms with Gasteiger partial charge in [-0.2, -0.15) is 11.3 Å². The summed E-state index contributed by atoms with van der Waals surface area (Å²) in [6, 6.07) is 18.5. The zero-order valence-electron chi connectivity index (χ0n) is 19.6. The molecule has 0 radical (unpaired) electrons. The summed E-state index contributed by atoms with van der Waals surface area (Å²) in [5.74, 6) is 6.28. The highest BCUT2D eigenvalue weighted by atomic mass is 32.1. The molecule has 0 aliphatic heterocycles. The second kappa shape index (κ2) is 11.9. The van der Waals surface area contributed by atoms with E-state index in [0.717, 1.165) is 42.4 Å². The standard InChI is InChI=1S/C29H31NO3S/c1-2-4-27(16-29(31)32)26-9-11-28(12-10-26)33-20-24-6-3-5-23(15-24)18-30(17-22-7-8-22)19-25-13-14-34-21-25/h3,5-6,9-15,21-22,27H,7-8,16-20H2,1H3,(H,31,32)/t27-/m0/s1. The van der Waals surface area contributed by atoms with Crippen molar-refractivity contribution in [3.05, 3.63) is 87.6 Å². The lowest BCUT2D eigenvalue weighted by Gasteiger charge is -2.22. The third-order valence-electron chi connectivity index (χ3n) is 5.98. The molecule has 1 aliphatic carbocycles. The molecule has 34 heavy (non-hydrogen) atoms. The summed E-state index contributed by atoms with van der Waals surface area (Å²) in [4.78, 5) is 13.7. The van der Waals surface area contributed by atoms with Crippen molar-refractivity contribution in [3.8, 4) is 17.6 Å². The quantitative estimate of drug-likeness (QED) is 0.313. The van der Waals surface area contributed by atoms with Gasteiger partial charge in [-0.3, -0.25) is 9.69 Å². The number of benzene rings is 2. The summed E-state index contributed by atoms with van der Waals surface area (Å²) in [5, 5.41) is 13.5. The minimum Gasteiger partial charge on any atom is -0.489 e. The number of aliphatic carboxylic acids is 1. The first-order valence-electron chi connectivity index (χ1n) is 11.8. The lowest BCUT2D eigenvalue weighted by atomic mass is 9.96. The Morgan fingerprint density at radius 1 is 1.12 bits per heavy atom. The maximum atomic E-state index is 11.1. The smallest absolute Gasteiger partial charge is 0.304 e. The van der Waals surface area contributed by atoms with Crippen molar-refractivity contribution in [3.63, 3.8) is 0 Å². The van der Waals surface area contributed by atoms with Gasteiger partial charge in [-0.15, -0.1) is 5.92 Å². The Morgan fingerprint density at radius 2 is 1.88 bits per heavy atom. The Bertz CT molecular complexity index is 1120. The van der Waals surface area contributed by atoms with Crippen LogP contribution < -0.4 is 4.74 Å². The number of ether oxygens (including phenoxy) is 1. The molecule has 1 heterocycles. The molecular formula is C29H31NO3S. The van der Waals surface area contributed by atoms with Crippen LogP contribution in [-0.4, -0.2) is 22.5 Å². The van der Waals surface area contributed by atoms with E-state index in [1.165, 1.54) is 24.0 Å². The lowest BCUT2D eigenvalue weighted by Crippen LogP contribution is -2.25. The summed E-state index contributed by atoms with van der Waals surface area (Å²) < 4.78 is 6.02. The van der Waals surface area contributed by atoms with Crippen molar-refractivity contribution >= 4 is 17.3 Å². The van der Waals surface area contributed by atoms with Gasteiger partial charge >= 0.3 is 5.97 Å². The van der Waals surface area contributed by atoms with E-state index in [-0.39, 0.29) is 12.3 Å². The predicted octanol–water partition coefficient (Wildman–Crippen LogP) is 6.32. The fourth-order valence-electron chi connectivity index (χ4n) is 4.13. The highest BCUT2D eigenvalue weighted by Crippen LogP contribution is 2.31. The second-order valence-electron chi connectivity index (χ2n) is 8.97. The first-order chi connectivity index (χ1) is 16.6. The van der Waals surface area contributed by atoms with E-state index >= 15 is 0 Å². The molecule has 3 aromatic rings. The van der Waals surface area contributed by atoms with Gasteiger partial charge in [-0.1, -0.05) is 42.3 Å². The highest BCUT2D eigenvalue weighted by molar-refractivity contribution is 7.07. The van der Waals surface area contributed by atoms with Crippen molar-refractivity contribution < 1.29 is 14.6 Å². The Kier molecular flexibility index (Phi) is 8.41. The van der Waals surface area contributed by atoms with E-state index in [2.05, 4.69) is 57.8 Å². The molecule has 5 heteroatoms. The number of carbonyl (C=O) groups is 1. The summed E-state index contributed by atoms with van der Waals surface area (Å²) in [6.07, 6.45) is 2.71. The fourth-order valence-corrected chi connectivity index (χ4v) is 4.79. The van der Waals surface area contributed by atoms with Crippen LogP contribution in [0.1, 0.15) is 54.4 Å². The molecule has 0 spiro atoms. The van der Waals surface area contributed by atoms with E-state index in [0.29, 0.717) is 6.61 Å². The van der Waals surface area contributed by atoms with Gasteiger partial charge in [-0.25, -0.2) is 0 Å². The first kappa shape index (κ1) is 24.1. The molecule has 176 valence electrons. The average Bonchev–Trinajstić information content (AvgIpc) is 3.49. The van der Waals surface area contributed by atoms with E-state index in [4.69, 9.17) is 9.84 Å². The van der Waals surface area contributed by atoms with Crippen molar-refractivity contribution in [2.24, 2.45) is 5.92 Å². The van der Waals surface area contributed by atoms with E-state index in [1.54, 1.807) is 18.3 Å². The molecule has 1 aliphatic rings. The monoisotopic (exact) mass is 473 g/mol. The normalized spacial score (nSPS) is 13.8. The van der Waals surface area contributed by atoms with E-state index in [9.17, 15) is 4.79 Å². The minimum atomic E-state index is -0.848. The minimum absolute atomic E-state index is 0.00197. The Balaban J connectivity index is 1.35. The molecule has 0 bridgehead atoms. The molecule has 2 aromatic carbocycles. The molecule has 1 saturated carbocycles. The van der Waals surface area contributed by atoms with Gasteiger partial charge in [0.2, 0.25) is 0 Å². The predicted molar refractivity (Wildman–Crippen MR) is 137 cm³/mol. The van der Waals surface area contributed by atoms with E-state index in [1.807, 2.05) is 24.3 Å². The van der Waals surface area contributed by atoms with Gasteiger partial charge in [0.25, 0.3) is 0 Å². The lowest BCUT2D eigenvalue weighted by molar-refractivity contribution is -0.137. The number of rotatable bonds is 12. The summed E-state index contributed by atoms with van der Waals surface area (Å²) in [6.45, 7) is 5.33. The zero-order valence-corrected chi connectivity index (χ0v) is 20.4. The highest BCUT2D eigenvalue weighted by Gasteiger charge is 2.24.